The highest BCUT2D eigenvalue weighted by Gasteiger charge is 2.19. The summed E-state index contributed by atoms with van der Waals surface area (Å²) in [6.45, 7) is 0. The molecule has 3 rings (SSSR count). The molecule has 0 saturated carbocycles. The maximum Gasteiger partial charge on any atom is 0.343 e. The summed E-state index contributed by atoms with van der Waals surface area (Å²) >= 11 is 5.86. The lowest BCUT2D eigenvalue weighted by Gasteiger charge is -2.05. The second kappa shape index (κ2) is 9.46. The maximum atomic E-state index is 12.1. The topological polar surface area (TPSA) is 137 Å². The molecule has 0 saturated heterocycles. The third-order valence-electron chi connectivity index (χ3n) is 3.94. The predicted molar refractivity (Wildman–Crippen MR) is 114 cm³/mol. The van der Waals surface area contributed by atoms with Gasteiger partial charge in [0.15, 0.2) is 0 Å². The van der Waals surface area contributed by atoms with Crippen LogP contribution in [-0.4, -0.2) is 22.0 Å². The fraction of sp³-hybridized carbons (Fsp3) is 0. The van der Waals surface area contributed by atoms with Gasteiger partial charge in [0.05, 0.1) is 27.7 Å². The quantitative estimate of drug-likeness (QED) is 0.183. The fourth-order valence-corrected chi connectivity index (χ4v) is 2.65. The number of non-ortho nitro benzene ring substituents is 1. The van der Waals surface area contributed by atoms with Crippen molar-refractivity contribution in [2.75, 3.05) is 5.43 Å². The number of benzene rings is 3. The number of esters is 1. The van der Waals surface area contributed by atoms with Gasteiger partial charge in [0, 0.05) is 11.1 Å². The Morgan fingerprint density at radius 3 is 2.39 bits per heavy atom. The number of carbonyl (C=O) groups excluding carboxylic acids is 1. The van der Waals surface area contributed by atoms with E-state index < -0.39 is 27.2 Å². The van der Waals surface area contributed by atoms with E-state index in [1.165, 1.54) is 18.3 Å². The van der Waals surface area contributed by atoms with E-state index in [2.05, 4.69) is 10.5 Å². The van der Waals surface area contributed by atoms with Gasteiger partial charge in [-0.25, -0.2) is 4.79 Å². The summed E-state index contributed by atoms with van der Waals surface area (Å²) in [6.07, 6.45) is 1.38. The first-order valence-electron chi connectivity index (χ1n) is 8.63. The number of nitrogens with one attached hydrogen (secondary N) is 1. The van der Waals surface area contributed by atoms with Crippen molar-refractivity contribution in [1.29, 1.82) is 0 Å². The van der Waals surface area contributed by atoms with Crippen molar-refractivity contribution < 1.29 is 19.4 Å². The van der Waals surface area contributed by atoms with Gasteiger partial charge in [0.2, 0.25) is 0 Å². The fourth-order valence-electron chi connectivity index (χ4n) is 2.46. The number of hydrogen-bond donors (Lipinski definition) is 1. The molecule has 31 heavy (non-hydrogen) atoms. The molecule has 0 unspecified atom stereocenters. The molecule has 3 aromatic carbocycles. The number of nitro benzene ring substituents is 2. The Bertz CT molecular complexity index is 1180. The lowest BCUT2D eigenvalue weighted by molar-refractivity contribution is -0.393. The predicted octanol–water partition coefficient (Wildman–Crippen LogP) is 4.82. The van der Waals surface area contributed by atoms with E-state index in [1.54, 1.807) is 42.5 Å². The SMILES string of the molecule is O=C(Oc1ccc(/C=N\Nc2ccc([N+](=O)[O-])cc2[N+](=O)[O-])cc1)c1cccc(Cl)c1. The molecule has 3 aromatic rings. The van der Waals surface area contributed by atoms with Gasteiger partial charge >= 0.3 is 11.7 Å². The summed E-state index contributed by atoms with van der Waals surface area (Å²) in [4.78, 5) is 32.5. The molecule has 0 bridgehead atoms. The minimum absolute atomic E-state index is 0.000998. The molecule has 0 radical (unpaired) electrons. The molecule has 0 heterocycles. The normalized spacial score (nSPS) is 10.6. The van der Waals surface area contributed by atoms with Gasteiger partial charge in [-0.1, -0.05) is 17.7 Å². The van der Waals surface area contributed by atoms with Crippen LogP contribution in [-0.2, 0) is 0 Å². The Hall–Kier alpha value is -4.31. The Labute approximate surface area is 180 Å². The highest BCUT2D eigenvalue weighted by molar-refractivity contribution is 6.30. The molecule has 0 aliphatic carbocycles. The average molecular weight is 441 g/mol. The van der Waals surface area contributed by atoms with E-state index in [0.717, 1.165) is 12.1 Å². The van der Waals surface area contributed by atoms with Crippen molar-refractivity contribution in [2.45, 2.75) is 0 Å². The first-order chi connectivity index (χ1) is 14.8. The largest absolute Gasteiger partial charge is 0.423 e. The number of ether oxygens (including phenoxy) is 1. The second-order valence-electron chi connectivity index (χ2n) is 6.05. The third kappa shape index (κ3) is 5.61. The number of carbonyl (C=O) groups is 1. The lowest BCUT2D eigenvalue weighted by Crippen LogP contribution is -2.08. The molecule has 0 fully saturated rings. The van der Waals surface area contributed by atoms with Crippen LogP contribution in [0, 0.1) is 20.2 Å². The Morgan fingerprint density at radius 1 is 1.00 bits per heavy atom. The number of rotatable bonds is 7. The van der Waals surface area contributed by atoms with Crippen LogP contribution in [0.2, 0.25) is 5.02 Å². The van der Waals surface area contributed by atoms with Gasteiger partial charge in [-0.15, -0.1) is 0 Å². The van der Waals surface area contributed by atoms with Crippen LogP contribution in [0.5, 0.6) is 5.75 Å². The molecule has 1 N–H and O–H groups in total. The first-order valence-corrected chi connectivity index (χ1v) is 9.01. The molecule has 156 valence electrons. The summed E-state index contributed by atoms with van der Waals surface area (Å²) in [5.41, 5.74) is 2.54. The van der Waals surface area contributed by atoms with Crippen molar-refractivity contribution in [3.05, 3.63) is 103 Å². The average Bonchev–Trinajstić information content (AvgIpc) is 2.75. The monoisotopic (exact) mass is 440 g/mol. The van der Waals surface area contributed by atoms with Crippen LogP contribution < -0.4 is 10.2 Å². The van der Waals surface area contributed by atoms with E-state index in [9.17, 15) is 25.0 Å². The molecule has 0 aliphatic rings. The van der Waals surface area contributed by atoms with E-state index in [-0.39, 0.29) is 5.69 Å². The van der Waals surface area contributed by atoms with Gasteiger partial charge in [-0.2, -0.15) is 5.10 Å². The van der Waals surface area contributed by atoms with E-state index in [1.807, 2.05) is 0 Å². The maximum absolute atomic E-state index is 12.1. The molecule has 0 aromatic heterocycles. The summed E-state index contributed by atoms with van der Waals surface area (Å²) in [5, 5.41) is 26.2. The molecular weight excluding hydrogens is 428 g/mol. The summed E-state index contributed by atoms with van der Waals surface area (Å²) in [5.74, 6) is -0.253. The molecule has 0 atom stereocenters. The van der Waals surface area contributed by atoms with Crippen LogP contribution in [0.4, 0.5) is 17.1 Å². The van der Waals surface area contributed by atoms with Crippen molar-refractivity contribution in [3.63, 3.8) is 0 Å². The van der Waals surface area contributed by atoms with Crippen LogP contribution in [0.25, 0.3) is 0 Å². The van der Waals surface area contributed by atoms with Crippen molar-refractivity contribution in [3.8, 4) is 5.75 Å². The number of nitro groups is 2. The van der Waals surface area contributed by atoms with Gasteiger partial charge in [0.1, 0.15) is 11.4 Å². The van der Waals surface area contributed by atoms with Crippen LogP contribution in [0.3, 0.4) is 0 Å². The zero-order valence-electron chi connectivity index (χ0n) is 15.6. The van der Waals surface area contributed by atoms with E-state index in [4.69, 9.17) is 16.3 Å². The smallest absolute Gasteiger partial charge is 0.343 e. The van der Waals surface area contributed by atoms with Crippen molar-refractivity contribution in [2.24, 2.45) is 5.10 Å². The molecule has 0 spiro atoms. The Balaban J connectivity index is 1.65. The van der Waals surface area contributed by atoms with Gasteiger partial charge in [-0.05, 0) is 54.1 Å². The van der Waals surface area contributed by atoms with Gasteiger partial charge < -0.3 is 4.74 Å². The molecule has 0 aliphatic heterocycles. The summed E-state index contributed by atoms with van der Waals surface area (Å²) < 4.78 is 5.27. The number of hydrazone groups is 1. The molecule has 0 amide bonds. The van der Waals surface area contributed by atoms with Crippen LogP contribution in [0.1, 0.15) is 15.9 Å². The number of anilines is 1. The van der Waals surface area contributed by atoms with Crippen LogP contribution in [0.15, 0.2) is 71.8 Å². The van der Waals surface area contributed by atoms with Crippen LogP contribution >= 0.6 is 11.6 Å². The minimum atomic E-state index is -0.742. The molecular formula is C20H13ClN4O6. The summed E-state index contributed by atoms with van der Waals surface area (Å²) in [7, 11) is 0. The number of hydrogen-bond acceptors (Lipinski definition) is 8. The van der Waals surface area contributed by atoms with Gasteiger partial charge in [-0.3, -0.25) is 25.7 Å². The Kier molecular flexibility index (Phi) is 6.53. The standard InChI is InChI=1S/C20H13ClN4O6/c21-15-3-1-2-14(10-15)20(26)31-17-7-4-13(5-8-17)12-22-23-18-9-6-16(24(27)28)11-19(18)25(29)30/h1-12,23H/b22-12-. The van der Waals surface area contributed by atoms with Crippen molar-refractivity contribution in [1.82, 2.24) is 0 Å². The molecule has 10 nitrogen and oxygen atoms in total. The highest BCUT2D eigenvalue weighted by Crippen LogP contribution is 2.28. The van der Waals surface area contributed by atoms with E-state index in [0.29, 0.717) is 21.9 Å². The second-order valence-corrected chi connectivity index (χ2v) is 6.49. The highest BCUT2D eigenvalue weighted by atomic mass is 35.5. The zero-order valence-corrected chi connectivity index (χ0v) is 16.4. The van der Waals surface area contributed by atoms with E-state index >= 15 is 0 Å². The number of halogens is 1. The minimum Gasteiger partial charge on any atom is -0.423 e. The Morgan fingerprint density at radius 2 is 1.74 bits per heavy atom. The third-order valence-corrected chi connectivity index (χ3v) is 4.17. The first kappa shape index (κ1) is 21.4. The van der Waals surface area contributed by atoms with Gasteiger partial charge in [0.25, 0.3) is 5.69 Å². The number of nitrogens with zero attached hydrogens (tertiary/aromatic N) is 3. The summed E-state index contributed by atoms with van der Waals surface area (Å²) in [6, 6.07) is 15.9. The van der Waals surface area contributed by atoms with Crippen molar-refractivity contribution >= 4 is 40.8 Å². The lowest BCUT2D eigenvalue weighted by atomic mass is 10.2. The molecule has 11 heteroatoms. The zero-order chi connectivity index (χ0) is 22.4.